The van der Waals surface area contributed by atoms with Crippen molar-refractivity contribution in [3.8, 4) is 6.07 Å². The standard InChI is InChI=1S/C19H18N2O/c20-12-13-7-9-14(10-8-13)18-16-5-3-11-22-19(16)15-4-1-2-6-17(15)21-18/h1-2,4,6-10,16,18-19,21H,3,5,11H2/t16-,18+,19-/m1/s1. The van der Waals surface area contributed by atoms with Crippen LogP contribution in [0.4, 0.5) is 5.69 Å². The van der Waals surface area contributed by atoms with E-state index >= 15 is 0 Å². The lowest BCUT2D eigenvalue weighted by Crippen LogP contribution is -2.35. The van der Waals surface area contributed by atoms with E-state index in [1.165, 1.54) is 16.8 Å². The monoisotopic (exact) mass is 290 g/mol. The van der Waals surface area contributed by atoms with Gasteiger partial charge in [0.05, 0.1) is 23.8 Å². The zero-order valence-corrected chi connectivity index (χ0v) is 12.3. The lowest BCUT2D eigenvalue weighted by atomic mass is 9.77. The molecule has 2 aromatic carbocycles. The number of anilines is 1. The molecule has 2 aliphatic heterocycles. The maximum Gasteiger partial charge on any atom is 0.0991 e. The summed E-state index contributed by atoms with van der Waals surface area (Å²) in [5.41, 5.74) is 4.38. The van der Waals surface area contributed by atoms with Crippen LogP contribution in [0.15, 0.2) is 48.5 Å². The van der Waals surface area contributed by atoms with Gasteiger partial charge in [0.2, 0.25) is 0 Å². The molecule has 0 aliphatic carbocycles. The molecule has 0 radical (unpaired) electrons. The van der Waals surface area contributed by atoms with E-state index in [-0.39, 0.29) is 12.1 Å². The van der Waals surface area contributed by atoms with Crippen molar-refractivity contribution in [1.82, 2.24) is 0 Å². The molecule has 2 aromatic rings. The van der Waals surface area contributed by atoms with Crippen molar-refractivity contribution < 1.29 is 4.74 Å². The zero-order chi connectivity index (χ0) is 14.9. The minimum Gasteiger partial charge on any atom is -0.378 e. The summed E-state index contributed by atoms with van der Waals surface area (Å²) in [4.78, 5) is 0. The first-order valence-corrected chi connectivity index (χ1v) is 7.84. The van der Waals surface area contributed by atoms with Gasteiger partial charge in [0.25, 0.3) is 0 Å². The highest BCUT2D eigenvalue weighted by Crippen LogP contribution is 2.48. The van der Waals surface area contributed by atoms with Crippen LogP contribution in [0.3, 0.4) is 0 Å². The number of fused-ring (bicyclic) bond motifs is 3. The van der Waals surface area contributed by atoms with Crippen molar-refractivity contribution in [3.63, 3.8) is 0 Å². The van der Waals surface area contributed by atoms with Gasteiger partial charge in [-0.2, -0.15) is 5.26 Å². The second-order valence-electron chi connectivity index (χ2n) is 6.04. The fourth-order valence-electron chi connectivity index (χ4n) is 3.71. The van der Waals surface area contributed by atoms with E-state index in [1.54, 1.807) is 0 Å². The topological polar surface area (TPSA) is 45.0 Å². The second-order valence-corrected chi connectivity index (χ2v) is 6.04. The van der Waals surface area contributed by atoms with Crippen LogP contribution in [0.25, 0.3) is 0 Å². The van der Waals surface area contributed by atoms with Crippen LogP contribution in [0.5, 0.6) is 0 Å². The van der Waals surface area contributed by atoms with Gasteiger partial charge in [0.1, 0.15) is 0 Å². The fraction of sp³-hybridized carbons (Fsp3) is 0.316. The van der Waals surface area contributed by atoms with E-state index in [1.807, 2.05) is 12.1 Å². The predicted molar refractivity (Wildman–Crippen MR) is 85.4 cm³/mol. The van der Waals surface area contributed by atoms with Crippen molar-refractivity contribution in [2.45, 2.75) is 25.0 Å². The van der Waals surface area contributed by atoms with Crippen LogP contribution < -0.4 is 5.32 Å². The molecule has 22 heavy (non-hydrogen) atoms. The Balaban J connectivity index is 1.74. The Labute approximate surface area is 130 Å². The number of ether oxygens (including phenoxy) is 1. The second kappa shape index (κ2) is 5.47. The number of nitrogens with zero attached hydrogens (tertiary/aromatic N) is 1. The van der Waals surface area contributed by atoms with Gasteiger partial charge in [0.15, 0.2) is 0 Å². The quantitative estimate of drug-likeness (QED) is 0.856. The first kappa shape index (κ1) is 13.4. The van der Waals surface area contributed by atoms with E-state index in [2.05, 4.69) is 47.8 Å². The molecule has 4 rings (SSSR count). The van der Waals surface area contributed by atoms with Crippen molar-refractivity contribution in [1.29, 1.82) is 5.26 Å². The molecule has 110 valence electrons. The van der Waals surface area contributed by atoms with Crippen molar-refractivity contribution >= 4 is 5.69 Å². The third-order valence-electron chi connectivity index (χ3n) is 4.77. The summed E-state index contributed by atoms with van der Waals surface area (Å²) in [6.45, 7) is 0.843. The highest BCUT2D eigenvalue weighted by molar-refractivity contribution is 5.57. The van der Waals surface area contributed by atoms with E-state index in [0.717, 1.165) is 19.4 Å². The Morgan fingerprint density at radius 3 is 2.73 bits per heavy atom. The highest BCUT2D eigenvalue weighted by Gasteiger charge is 2.39. The Kier molecular flexibility index (Phi) is 3.32. The molecule has 3 heteroatoms. The maximum absolute atomic E-state index is 8.97. The van der Waals surface area contributed by atoms with Gasteiger partial charge < -0.3 is 10.1 Å². The summed E-state index contributed by atoms with van der Waals surface area (Å²) in [5, 5.41) is 12.7. The molecule has 0 aromatic heterocycles. The van der Waals surface area contributed by atoms with Crippen molar-refractivity contribution in [3.05, 3.63) is 65.2 Å². The molecule has 1 N–H and O–H groups in total. The molecular formula is C19H18N2O. The summed E-state index contributed by atoms with van der Waals surface area (Å²) in [6, 6.07) is 18.8. The molecule has 3 atom stereocenters. The lowest BCUT2D eigenvalue weighted by molar-refractivity contribution is -0.0381. The Morgan fingerprint density at radius 1 is 1.09 bits per heavy atom. The van der Waals surface area contributed by atoms with Crippen LogP contribution in [0, 0.1) is 17.2 Å². The predicted octanol–water partition coefficient (Wildman–Crippen LogP) is 4.19. The molecule has 0 bridgehead atoms. The molecule has 1 fully saturated rings. The maximum atomic E-state index is 8.97. The van der Waals surface area contributed by atoms with Gasteiger partial charge >= 0.3 is 0 Å². The van der Waals surface area contributed by atoms with E-state index < -0.39 is 0 Å². The fourth-order valence-corrected chi connectivity index (χ4v) is 3.71. The Morgan fingerprint density at radius 2 is 1.91 bits per heavy atom. The molecule has 0 spiro atoms. The van der Waals surface area contributed by atoms with Gasteiger partial charge in [0, 0.05) is 23.8 Å². The number of benzene rings is 2. The van der Waals surface area contributed by atoms with Crippen LogP contribution in [-0.2, 0) is 4.74 Å². The number of hydrogen-bond donors (Lipinski definition) is 1. The summed E-state index contributed by atoms with van der Waals surface area (Å²) in [6.07, 6.45) is 2.45. The lowest BCUT2D eigenvalue weighted by Gasteiger charge is -2.43. The average molecular weight is 290 g/mol. The molecule has 0 amide bonds. The normalized spacial score (nSPS) is 26.2. The smallest absolute Gasteiger partial charge is 0.0991 e. The molecule has 1 saturated heterocycles. The number of nitriles is 1. The van der Waals surface area contributed by atoms with Crippen molar-refractivity contribution in [2.75, 3.05) is 11.9 Å². The summed E-state index contributed by atoms with van der Waals surface area (Å²) in [5.74, 6) is 0.441. The zero-order valence-electron chi connectivity index (χ0n) is 12.3. The van der Waals surface area contributed by atoms with Crippen LogP contribution in [0.1, 0.15) is 41.7 Å². The number of rotatable bonds is 1. The Bertz CT molecular complexity index is 717. The number of nitrogens with one attached hydrogen (secondary N) is 1. The van der Waals surface area contributed by atoms with Crippen LogP contribution in [0.2, 0.25) is 0 Å². The summed E-state index contributed by atoms with van der Waals surface area (Å²) in [7, 11) is 0. The van der Waals surface area contributed by atoms with Crippen molar-refractivity contribution in [2.24, 2.45) is 5.92 Å². The minimum absolute atomic E-state index is 0.173. The molecule has 2 aliphatic rings. The molecular weight excluding hydrogens is 272 g/mol. The molecule has 0 unspecified atom stereocenters. The van der Waals surface area contributed by atoms with Gasteiger partial charge in [-0.3, -0.25) is 0 Å². The number of hydrogen-bond acceptors (Lipinski definition) is 3. The largest absolute Gasteiger partial charge is 0.378 e. The SMILES string of the molecule is N#Cc1ccc([C@@H]2Nc3ccccc3[C@H]3OCCC[C@@H]32)cc1. The van der Waals surface area contributed by atoms with Gasteiger partial charge in [-0.15, -0.1) is 0 Å². The van der Waals surface area contributed by atoms with Gasteiger partial charge in [-0.25, -0.2) is 0 Å². The third kappa shape index (κ3) is 2.17. The third-order valence-corrected chi connectivity index (χ3v) is 4.77. The molecule has 3 nitrogen and oxygen atoms in total. The number of para-hydroxylation sites is 1. The van der Waals surface area contributed by atoms with E-state index in [9.17, 15) is 0 Å². The minimum atomic E-state index is 0.173. The van der Waals surface area contributed by atoms with Gasteiger partial charge in [-0.05, 0) is 36.6 Å². The van der Waals surface area contributed by atoms with Gasteiger partial charge in [-0.1, -0.05) is 30.3 Å². The Hall–Kier alpha value is -2.31. The first-order chi connectivity index (χ1) is 10.9. The summed E-state index contributed by atoms with van der Waals surface area (Å²) < 4.78 is 6.11. The van der Waals surface area contributed by atoms with Crippen LogP contribution >= 0.6 is 0 Å². The van der Waals surface area contributed by atoms with E-state index in [0.29, 0.717) is 11.5 Å². The highest BCUT2D eigenvalue weighted by atomic mass is 16.5. The molecule has 2 heterocycles. The van der Waals surface area contributed by atoms with Crippen LogP contribution in [-0.4, -0.2) is 6.61 Å². The first-order valence-electron chi connectivity index (χ1n) is 7.84. The molecule has 0 saturated carbocycles. The van der Waals surface area contributed by atoms with E-state index in [4.69, 9.17) is 10.00 Å². The average Bonchev–Trinajstić information content (AvgIpc) is 2.61. The summed E-state index contributed by atoms with van der Waals surface area (Å²) >= 11 is 0.